The lowest BCUT2D eigenvalue weighted by molar-refractivity contribution is -0.118. The molecule has 0 saturated heterocycles. The van der Waals surface area contributed by atoms with Crippen LogP contribution < -0.4 is 16.0 Å². The lowest BCUT2D eigenvalue weighted by Crippen LogP contribution is -2.44. The van der Waals surface area contributed by atoms with E-state index in [1.165, 1.54) is 24.2 Å². The number of anilines is 2. The van der Waals surface area contributed by atoms with Crippen molar-refractivity contribution < 1.29 is 9.59 Å². The fraction of sp³-hybridized carbons (Fsp3) is 0.407. The summed E-state index contributed by atoms with van der Waals surface area (Å²) in [6.07, 6.45) is 6.72. The zero-order valence-corrected chi connectivity index (χ0v) is 22.4. The second-order valence-corrected chi connectivity index (χ2v) is 11.0. The Kier molecular flexibility index (Phi) is 8.59. The van der Waals surface area contributed by atoms with Crippen molar-refractivity contribution in [1.82, 2.24) is 15.3 Å². The van der Waals surface area contributed by atoms with Gasteiger partial charge in [-0.15, -0.1) is 11.3 Å². The molecular weight excluding hydrogens is 494 g/mol. The molecule has 0 spiro atoms. The summed E-state index contributed by atoms with van der Waals surface area (Å²) in [4.78, 5) is 35.7. The highest BCUT2D eigenvalue weighted by molar-refractivity contribution is 7.13. The Bertz CT molecular complexity index is 1200. The second kappa shape index (κ2) is 11.8. The average Bonchev–Trinajstić information content (AvgIpc) is 3.50. The Morgan fingerprint density at radius 2 is 1.83 bits per heavy atom. The number of thiazole rings is 1. The number of benzene rings is 1. The number of halogens is 1. The first-order valence-electron chi connectivity index (χ1n) is 12.3. The third kappa shape index (κ3) is 7.04. The number of hydrogen-bond acceptors (Lipinski definition) is 6. The third-order valence-corrected chi connectivity index (χ3v) is 7.75. The molecule has 7 nitrogen and oxygen atoms in total. The van der Waals surface area contributed by atoms with E-state index in [9.17, 15) is 9.59 Å². The lowest BCUT2D eigenvalue weighted by Gasteiger charge is -2.21. The van der Waals surface area contributed by atoms with E-state index in [1.807, 2.05) is 57.2 Å². The number of aromatic nitrogens is 2. The average molecular weight is 526 g/mol. The van der Waals surface area contributed by atoms with Crippen LogP contribution >= 0.6 is 22.9 Å². The van der Waals surface area contributed by atoms with Crippen molar-refractivity contribution in [3.63, 3.8) is 0 Å². The van der Waals surface area contributed by atoms with Gasteiger partial charge in [-0.2, -0.15) is 0 Å². The molecule has 0 radical (unpaired) electrons. The predicted molar refractivity (Wildman–Crippen MR) is 146 cm³/mol. The zero-order chi connectivity index (χ0) is 25.7. The molecule has 2 heterocycles. The molecule has 4 rings (SSSR count). The number of carbonyl (C=O) groups excluding carboxylic acids is 2. The number of pyridine rings is 1. The van der Waals surface area contributed by atoms with Crippen molar-refractivity contribution in [2.45, 2.75) is 65.0 Å². The summed E-state index contributed by atoms with van der Waals surface area (Å²) in [7, 11) is 0. The van der Waals surface area contributed by atoms with E-state index in [4.69, 9.17) is 11.6 Å². The van der Waals surface area contributed by atoms with E-state index >= 15 is 0 Å². The van der Waals surface area contributed by atoms with Gasteiger partial charge in [0.05, 0.1) is 12.2 Å². The van der Waals surface area contributed by atoms with Crippen molar-refractivity contribution in [3.05, 3.63) is 68.9 Å². The summed E-state index contributed by atoms with van der Waals surface area (Å²) in [5.41, 5.74) is 3.24. The minimum Gasteiger partial charge on any atom is -0.376 e. The van der Waals surface area contributed by atoms with Crippen molar-refractivity contribution in [2.24, 2.45) is 5.92 Å². The number of amides is 2. The molecule has 1 saturated carbocycles. The van der Waals surface area contributed by atoms with Crippen molar-refractivity contribution >= 4 is 46.1 Å². The molecule has 2 atom stereocenters. The quantitative estimate of drug-likeness (QED) is 0.304. The fourth-order valence-corrected chi connectivity index (χ4v) is 5.67. The van der Waals surface area contributed by atoms with E-state index in [0.717, 1.165) is 34.9 Å². The molecule has 0 bridgehead atoms. The predicted octanol–water partition coefficient (Wildman–Crippen LogP) is 6.30. The highest BCUT2D eigenvalue weighted by atomic mass is 35.5. The van der Waals surface area contributed by atoms with Crippen LogP contribution in [0.2, 0.25) is 5.02 Å². The maximum absolute atomic E-state index is 13.3. The first-order valence-corrected chi connectivity index (χ1v) is 13.5. The van der Waals surface area contributed by atoms with Crippen LogP contribution in [0.3, 0.4) is 0 Å². The van der Waals surface area contributed by atoms with Gasteiger partial charge < -0.3 is 16.0 Å². The Hall–Kier alpha value is -2.97. The molecule has 1 aliphatic rings. The Labute approximate surface area is 221 Å². The van der Waals surface area contributed by atoms with Crippen molar-refractivity contribution in [1.29, 1.82) is 0 Å². The fourth-order valence-electron chi connectivity index (χ4n) is 4.66. The largest absolute Gasteiger partial charge is 0.376 e. The van der Waals surface area contributed by atoms with Crippen LogP contribution in [0, 0.1) is 19.8 Å². The summed E-state index contributed by atoms with van der Waals surface area (Å²) in [6.45, 7) is 5.77. The lowest BCUT2D eigenvalue weighted by atomic mass is 9.97. The topological polar surface area (TPSA) is 96.0 Å². The number of aryl methyl sites for hydroxylation is 2. The van der Waals surface area contributed by atoms with Gasteiger partial charge in [0, 0.05) is 27.8 Å². The number of nitrogens with one attached hydrogen (secondary N) is 3. The van der Waals surface area contributed by atoms with E-state index in [1.54, 1.807) is 6.20 Å². The first kappa shape index (κ1) is 26.1. The Morgan fingerprint density at radius 1 is 1.11 bits per heavy atom. The summed E-state index contributed by atoms with van der Waals surface area (Å²) >= 11 is 7.40. The van der Waals surface area contributed by atoms with E-state index in [-0.39, 0.29) is 17.9 Å². The summed E-state index contributed by atoms with van der Waals surface area (Å²) < 4.78 is 0. The molecular formula is C27H32ClN5O2S. The summed E-state index contributed by atoms with van der Waals surface area (Å²) in [5.74, 6) is -0.0594. The third-order valence-electron chi connectivity index (χ3n) is 6.34. The van der Waals surface area contributed by atoms with E-state index < -0.39 is 6.04 Å². The zero-order valence-electron chi connectivity index (χ0n) is 20.8. The molecule has 3 aromatic rings. The standard InChI is InChI=1S/C27H32ClN5O2S/c1-16-11-22(12-17(2)30-16)32-25(34)23(13-19-7-4-5-8-19)33-26(35)24-15-29-27(36-24)18(3)31-21-10-6-9-20(28)14-21/h6,9-12,14-15,18-19,23,31H,4-5,7-8,13H2,1-3H3,(H,33,35)(H,30,32,34)/t18-,23-/m0/s1. The van der Waals surface area contributed by atoms with Gasteiger partial charge in [-0.05, 0) is 63.4 Å². The summed E-state index contributed by atoms with van der Waals surface area (Å²) in [5, 5.41) is 10.8. The van der Waals surface area contributed by atoms with Gasteiger partial charge in [0.1, 0.15) is 15.9 Å². The molecule has 1 fully saturated rings. The Balaban J connectivity index is 1.44. The van der Waals surface area contributed by atoms with Gasteiger partial charge in [0.2, 0.25) is 5.91 Å². The Morgan fingerprint density at radius 3 is 2.53 bits per heavy atom. The first-order chi connectivity index (χ1) is 17.3. The van der Waals surface area contributed by atoms with Gasteiger partial charge in [0.15, 0.2) is 0 Å². The summed E-state index contributed by atoms with van der Waals surface area (Å²) in [6, 6.07) is 10.4. The van der Waals surface area contributed by atoms with Gasteiger partial charge in [-0.1, -0.05) is 43.4 Å². The van der Waals surface area contributed by atoms with Crippen LogP contribution in [0.15, 0.2) is 42.6 Å². The highest BCUT2D eigenvalue weighted by Crippen LogP contribution is 2.30. The molecule has 2 aromatic heterocycles. The molecule has 3 N–H and O–H groups in total. The number of rotatable bonds is 9. The molecule has 1 aromatic carbocycles. The molecule has 1 aliphatic carbocycles. The van der Waals surface area contributed by atoms with Crippen LogP contribution in [-0.4, -0.2) is 27.8 Å². The number of nitrogens with zero attached hydrogens (tertiary/aromatic N) is 2. The normalized spacial score (nSPS) is 15.3. The van der Waals surface area contributed by atoms with Crippen LogP contribution in [0.1, 0.15) is 71.1 Å². The minimum atomic E-state index is -0.623. The molecule has 2 amide bonds. The van der Waals surface area contributed by atoms with Gasteiger partial charge >= 0.3 is 0 Å². The minimum absolute atomic E-state index is 0.106. The second-order valence-electron chi connectivity index (χ2n) is 9.48. The van der Waals surface area contributed by atoms with Gasteiger partial charge in [0.25, 0.3) is 5.91 Å². The van der Waals surface area contributed by atoms with E-state index in [0.29, 0.717) is 27.9 Å². The molecule has 0 aliphatic heterocycles. The van der Waals surface area contributed by atoms with Crippen LogP contribution in [0.5, 0.6) is 0 Å². The van der Waals surface area contributed by atoms with Crippen LogP contribution in [0.25, 0.3) is 0 Å². The van der Waals surface area contributed by atoms with Crippen molar-refractivity contribution in [3.8, 4) is 0 Å². The van der Waals surface area contributed by atoms with Gasteiger partial charge in [-0.25, -0.2) is 4.98 Å². The van der Waals surface area contributed by atoms with Gasteiger partial charge in [-0.3, -0.25) is 14.6 Å². The number of carbonyl (C=O) groups is 2. The molecule has 36 heavy (non-hydrogen) atoms. The van der Waals surface area contributed by atoms with Crippen LogP contribution in [-0.2, 0) is 4.79 Å². The molecule has 190 valence electrons. The smallest absolute Gasteiger partial charge is 0.263 e. The van der Waals surface area contributed by atoms with E-state index in [2.05, 4.69) is 25.9 Å². The van der Waals surface area contributed by atoms with Crippen molar-refractivity contribution in [2.75, 3.05) is 10.6 Å². The van der Waals surface area contributed by atoms with Crippen LogP contribution in [0.4, 0.5) is 11.4 Å². The molecule has 0 unspecified atom stereocenters. The SMILES string of the molecule is Cc1cc(NC(=O)[C@H](CC2CCCC2)NC(=O)c2cnc([C@H](C)Nc3cccc(Cl)c3)s2)cc(C)n1. The monoisotopic (exact) mass is 525 g/mol. The highest BCUT2D eigenvalue weighted by Gasteiger charge is 2.28. The number of hydrogen-bond donors (Lipinski definition) is 3. The molecule has 9 heteroatoms. The maximum Gasteiger partial charge on any atom is 0.263 e. The maximum atomic E-state index is 13.3.